The number of Topliss-reactive ketones (excluding diaryl/α,β-unsaturated/α-hetero) is 1. The van der Waals surface area contributed by atoms with Gasteiger partial charge in [-0.05, 0) is 19.1 Å². The van der Waals surface area contributed by atoms with Crippen molar-refractivity contribution in [3.8, 4) is 6.07 Å². The number of nitrogens with one attached hydrogen (secondary N) is 2. The van der Waals surface area contributed by atoms with Crippen molar-refractivity contribution in [2.24, 2.45) is 5.92 Å². The number of carbonyl (C=O) groups is 2. The molecule has 1 aromatic heterocycles. The number of amides is 1. The maximum atomic E-state index is 12.2. The number of halogens is 1. The van der Waals surface area contributed by atoms with Crippen LogP contribution >= 0.6 is 11.6 Å². The highest BCUT2D eigenvalue weighted by atomic mass is 35.5. The summed E-state index contributed by atoms with van der Waals surface area (Å²) >= 11 is 5.75. The monoisotopic (exact) mass is 280 g/mol. The normalized spacial score (nSPS) is 11.3. The smallest absolute Gasteiger partial charge is 0.245 e. The lowest BCUT2D eigenvalue weighted by atomic mass is 9.98. The van der Waals surface area contributed by atoms with Gasteiger partial charge in [0.25, 0.3) is 0 Å². The average molecular weight is 281 g/mol. The van der Waals surface area contributed by atoms with Gasteiger partial charge in [0, 0.05) is 13.6 Å². The summed E-state index contributed by atoms with van der Waals surface area (Å²) in [5.74, 6) is -2.39. The third-order valence-corrected chi connectivity index (χ3v) is 2.58. The molecule has 0 aliphatic heterocycles. The Bertz CT molecular complexity index is 539. The molecule has 0 spiro atoms. The second kappa shape index (κ2) is 6.71. The minimum absolute atomic E-state index is 0.168. The molecule has 0 saturated carbocycles. The highest BCUT2D eigenvalue weighted by Crippen LogP contribution is 2.20. The Hall–Kier alpha value is -2.13. The van der Waals surface area contributed by atoms with Gasteiger partial charge in [-0.15, -0.1) is 0 Å². The van der Waals surface area contributed by atoms with Crippen LogP contribution in [-0.4, -0.2) is 30.3 Å². The molecule has 1 unspecified atom stereocenters. The first kappa shape index (κ1) is 14.9. The molecule has 0 bridgehead atoms. The summed E-state index contributed by atoms with van der Waals surface area (Å²) < 4.78 is 0. The van der Waals surface area contributed by atoms with E-state index in [0.29, 0.717) is 6.54 Å². The molecule has 0 aliphatic carbocycles. The van der Waals surface area contributed by atoms with Crippen molar-refractivity contribution in [3.63, 3.8) is 0 Å². The number of anilines is 1. The van der Waals surface area contributed by atoms with E-state index < -0.39 is 17.6 Å². The van der Waals surface area contributed by atoms with Crippen LogP contribution in [0.1, 0.15) is 17.3 Å². The molecule has 19 heavy (non-hydrogen) atoms. The summed E-state index contributed by atoms with van der Waals surface area (Å²) in [6.07, 6.45) is 0. The summed E-state index contributed by atoms with van der Waals surface area (Å²) in [6.45, 7) is 2.36. The molecule has 0 fully saturated rings. The van der Waals surface area contributed by atoms with E-state index in [1.807, 2.05) is 6.92 Å². The van der Waals surface area contributed by atoms with E-state index in [4.69, 9.17) is 16.9 Å². The molecule has 1 aromatic rings. The lowest BCUT2D eigenvalue weighted by molar-refractivity contribution is -0.121. The Morgan fingerprint density at radius 3 is 2.74 bits per heavy atom. The van der Waals surface area contributed by atoms with E-state index in [-0.39, 0.29) is 16.5 Å². The van der Waals surface area contributed by atoms with Gasteiger partial charge in [0.2, 0.25) is 5.91 Å². The Morgan fingerprint density at radius 1 is 1.53 bits per heavy atom. The quantitative estimate of drug-likeness (QED) is 0.481. The second-order valence-electron chi connectivity index (χ2n) is 3.60. The van der Waals surface area contributed by atoms with Crippen LogP contribution < -0.4 is 10.6 Å². The Balaban J connectivity index is 3.18. The predicted molar refractivity (Wildman–Crippen MR) is 70.9 cm³/mol. The van der Waals surface area contributed by atoms with Crippen LogP contribution in [0.2, 0.25) is 5.15 Å². The van der Waals surface area contributed by atoms with Crippen molar-refractivity contribution in [2.75, 3.05) is 18.9 Å². The minimum atomic E-state index is -1.40. The van der Waals surface area contributed by atoms with Gasteiger partial charge in [-0.3, -0.25) is 9.59 Å². The van der Waals surface area contributed by atoms with Crippen LogP contribution in [0.15, 0.2) is 12.1 Å². The van der Waals surface area contributed by atoms with E-state index in [1.54, 1.807) is 6.07 Å². The zero-order valence-corrected chi connectivity index (χ0v) is 11.3. The maximum absolute atomic E-state index is 12.2. The zero-order valence-electron chi connectivity index (χ0n) is 10.5. The lowest BCUT2D eigenvalue weighted by Crippen LogP contribution is -2.32. The topological polar surface area (TPSA) is 94.9 Å². The molecule has 1 atom stereocenters. The molecule has 100 valence electrons. The number of aromatic nitrogens is 1. The summed E-state index contributed by atoms with van der Waals surface area (Å²) in [7, 11) is 1.37. The van der Waals surface area contributed by atoms with Gasteiger partial charge in [-0.2, -0.15) is 5.26 Å². The number of hydrogen-bond donors (Lipinski definition) is 2. The molecule has 0 aromatic carbocycles. The van der Waals surface area contributed by atoms with Crippen LogP contribution in [-0.2, 0) is 4.79 Å². The van der Waals surface area contributed by atoms with Gasteiger partial charge in [0.05, 0.1) is 11.6 Å². The van der Waals surface area contributed by atoms with Crippen molar-refractivity contribution >= 4 is 29.1 Å². The lowest BCUT2D eigenvalue weighted by Gasteiger charge is -2.11. The first-order chi connectivity index (χ1) is 9.04. The molecule has 1 rings (SSSR count). The fraction of sp³-hybridized carbons (Fsp3) is 0.333. The van der Waals surface area contributed by atoms with Gasteiger partial charge < -0.3 is 10.6 Å². The molecule has 1 heterocycles. The van der Waals surface area contributed by atoms with Gasteiger partial charge in [0.15, 0.2) is 11.7 Å². The fourth-order valence-electron chi connectivity index (χ4n) is 1.47. The van der Waals surface area contributed by atoms with Crippen LogP contribution in [0.25, 0.3) is 0 Å². The molecule has 2 N–H and O–H groups in total. The van der Waals surface area contributed by atoms with Gasteiger partial charge >= 0.3 is 0 Å². The van der Waals surface area contributed by atoms with Crippen molar-refractivity contribution in [1.82, 2.24) is 10.3 Å². The molecule has 1 amide bonds. The van der Waals surface area contributed by atoms with Crippen LogP contribution in [0.3, 0.4) is 0 Å². The largest absolute Gasteiger partial charge is 0.370 e. The van der Waals surface area contributed by atoms with Crippen molar-refractivity contribution in [3.05, 3.63) is 22.8 Å². The summed E-state index contributed by atoms with van der Waals surface area (Å²) in [5.41, 5.74) is 0.168. The van der Waals surface area contributed by atoms with Gasteiger partial charge in [-0.25, -0.2) is 4.98 Å². The van der Waals surface area contributed by atoms with Gasteiger partial charge in [0.1, 0.15) is 11.0 Å². The highest BCUT2D eigenvalue weighted by Gasteiger charge is 2.28. The Morgan fingerprint density at radius 2 is 2.21 bits per heavy atom. The first-order valence-electron chi connectivity index (χ1n) is 5.61. The summed E-state index contributed by atoms with van der Waals surface area (Å²) in [6, 6.07) is 4.57. The molecular formula is C12H13ClN4O2. The fourth-order valence-corrected chi connectivity index (χ4v) is 1.62. The summed E-state index contributed by atoms with van der Waals surface area (Å²) in [5, 5.41) is 14.3. The number of carbonyl (C=O) groups excluding carboxylic acids is 2. The van der Waals surface area contributed by atoms with E-state index in [1.165, 1.54) is 19.2 Å². The number of pyridine rings is 1. The molecule has 7 heteroatoms. The first-order valence-corrected chi connectivity index (χ1v) is 5.98. The van der Waals surface area contributed by atoms with Crippen LogP contribution in [0, 0.1) is 17.2 Å². The van der Waals surface area contributed by atoms with E-state index in [0.717, 1.165) is 0 Å². The minimum Gasteiger partial charge on any atom is -0.370 e. The molecular weight excluding hydrogens is 268 g/mol. The SMILES string of the molecule is CCNc1nc(Cl)ccc1C(=O)C(C#N)C(=O)NC. The predicted octanol–water partition coefficient (Wildman–Crippen LogP) is 1.24. The van der Waals surface area contributed by atoms with Crippen molar-refractivity contribution in [1.29, 1.82) is 5.26 Å². The number of rotatable bonds is 5. The molecule has 0 aliphatic rings. The van der Waals surface area contributed by atoms with E-state index in [9.17, 15) is 9.59 Å². The third-order valence-electron chi connectivity index (χ3n) is 2.37. The third kappa shape index (κ3) is 3.42. The zero-order chi connectivity index (χ0) is 14.4. The highest BCUT2D eigenvalue weighted by molar-refractivity contribution is 6.29. The van der Waals surface area contributed by atoms with Crippen molar-refractivity contribution < 1.29 is 9.59 Å². The van der Waals surface area contributed by atoms with Crippen LogP contribution in [0.5, 0.6) is 0 Å². The van der Waals surface area contributed by atoms with Crippen LogP contribution in [0.4, 0.5) is 5.82 Å². The molecule has 0 radical (unpaired) electrons. The van der Waals surface area contributed by atoms with E-state index >= 15 is 0 Å². The number of hydrogen-bond acceptors (Lipinski definition) is 5. The van der Waals surface area contributed by atoms with Crippen molar-refractivity contribution in [2.45, 2.75) is 6.92 Å². The second-order valence-corrected chi connectivity index (χ2v) is 3.99. The average Bonchev–Trinajstić information content (AvgIpc) is 2.39. The summed E-state index contributed by atoms with van der Waals surface area (Å²) in [4.78, 5) is 27.6. The number of nitrogens with zero attached hydrogens (tertiary/aromatic N) is 2. The Labute approximate surface area is 115 Å². The van der Waals surface area contributed by atoms with Gasteiger partial charge in [-0.1, -0.05) is 11.6 Å². The Kier molecular flexibility index (Phi) is 5.27. The number of nitriles is 1. The van der Waals surface area contributed by atoms with E-state index in [2.05, 4.69) is 15.6 Å². The standard InChI is InChI=1S/C12H13ClN4O2/c1-3-16-11-7(4-5-9(13)17-11)10(18)8(6-14)12(19)15-2/h4-5,8H,3H2,1-2H3,(H,15,19)(H,16,17). The molecule has 6 nitrogen and oxygen atoms in total. The molecule has 0 saturated heterocycles. The maximum Gasteiger partial charge on any atom is 0.245 e. The number of ketones is 1.